The number of para-hydroxylation sites is 1. The van der Waals surface area contributed by atoms with Gasteiger partial charge in [-0.25, -0.2) is 0 Å². The highest BCUT2D eigenvalue weighted by atomic mass is 16.5. The van der Waals surface area contributed by atoms with Crippen molar-refractivity contribution in [2.75, 3.05) is 38.0 Å². The van der Waals surface area contributed by atoms with E-state index in [-0.39, 0.29) is 18.4 Å². The summed E-state index contributed by atoms with van der Waals surface area (Å²) in [5.41, 5.74) is 2.11. The first kappa shape index (κ1) is 17.0. The van der Waals surface area contributed by atoms with Crippen LogP contribution < -0.4 is 15.0 Å². The average Bonchev–Trinajstić information content (AvgIpc) is 2.59. The van der Waals surface area contributed by atoms with E-state index in [1.807, 2.05) is 49.3 Å². The second-order valence-electron chi connectivity index (χ2n) is 6.16. The van der Waals surface area contributed by atoms with Crippen LogP contribution in [0, 0.1) is 0 Å². The Morgan fingerprint density at radius 2 is 1.88 bits per heavy atom. The van der Waals surface area contributed by atoms with E-state index in [0.717, 1.165) is 5.56 Å². The highest BCUT2D eigenvalue weighted by molar-refractivity contribution is 6.02. The summed E-state index contributed by atoms with van der Waals surface area (Å²) in [6, 6.07) is 14.5. The normalized spacial score (nSPS) is 14.7. The second-order valence-corrected chi connectivity index (χ2v) is 6.16. The standard InChI is InChI=1S/C19H21N3O3/c1-21(2)17(13-8-5-4-6-9-13)19(24)20-14-10-7-11-15-18(14)25-12-16(23)22(15)3/h4-11,17H,12H2,1-3H3,(H,20,24). The third-order valence-corrected chi connectivity index (χ3v) is 4.21. The van der Waals surface area contributed by atoms with Gasteiger partial charge in [-0.2, -0.15) is 0 Å². The van der Waals surface area contributed by atoms with Gasteiger partial charge in [0.15, 0.2) is 12.4 Å². The van der Waals surface area contributed by atoms with E-state index in [1.54, 1.807) is 25.2 Å². The summed E-state index contributed by atoms with van der Waals surface area (Å²) >= 11 is 0. The molecule has 1 N–H and O–H groups in total. The van der Waals surface area contributed by atoms with Crippen molar-refractivity contribution in [3.63, 3.8) is 0 Å². The molecule has 1 heterocycles. The zero-order chi connectivity index (χ0) is 18.0. The number of anilines is 2. The lowest BCUT2D eigenvalue weighted by atomic mass is 10.1. The number of amides is 2. The van der Waals surface area contributed by atoms with Crippen LogP contribution in [-0.4, -0.2) is 44.5 Å². The Morgan fingerprint density at radius 3 is 2.56 bits per heavy atom. The van der Waals surface area contributed by atoms with Gasteiger partial charge in [-0.05, 0) is 31.8 Å². The van der Waals surface area contributed by atoms with Gasteiger partial charge in [0.1, 0.15) is 6.04 Å². The molecule has 6 nitrogen and oxygen atoms in total. The van der Waals surface area contributed by atoms with Crippen LogP contribution in [0.1, 0.15) is 11.6 Å². The molecule has 3 rings (SSSR count). The lowest BCUT2D eigenvalue weighted by Crippen LogP contribution is -2.36. The summed E-state index contributed by atoms with van der Waals surface area (Å²) in [6.45, 7) is -0.0355. The number of hydrogen-bond donors (Lipinski definition) is 1. The molecule has 1 unspecified atom stereocenters. The molecule has 130 valence electrons. The number of nitrogens with zero attached hydrogens (tertiary/aromatic N) is 2. The van der Waals surface area contributed by atoms with E-state index in [0.29, 0.717) is 17.1 Å². The van der Waals surface area contributed by atoms with E-state index < -0.39 is 6.04 Å². The maximum atomic E-state index is 12.9. The van der Waals surface area contributed by atoms with Crippen LogP contribution in [0.5, 0.6) is 5.75 Å². The Balaban J connectivity index is 1.89. The maximum Gasteiger partial charge on any atom is 0.264 e. The Labute approximate surface area is 147 Å². The molecule has 0 bridgehead atoms. The van der Waals surface area contributed by atoms with Crippen LogP contribution >= 0.6 is 0 Å². The van der Waals surface area contributed by atoms with Gasteiger partial charge in [0.05, 0.1) is 11.4 Å². The molecule has 1 atom stereocenters. The van der Waals surface area contributed by atoms with Crippen molar-refractivity contribution >= 4 is 23.2 Å². The average molecular weight is 339 g/mol. The fraction of sp³-hybridized carbons (Fsp3) is 0.263. The van der Waals surface area contributed by atoms with E-state index in [4.69, 9.17) is 4.74 Å². The third-order valence-electron chi connectivity index (χ3n) is 4.21. The van der Waals surface area contributed by atoms with Crippen LogP contribution in [-0.2, 0) is 9.59 Å². The predicted molar refractivity (Wildman–Crippen MR) is 96.8 cm³/mol. The predicted octanol–water partition coefficient (Wildman–Crippen LogP) is 2.28. The van der Waals surface area contributed by atoms with E-state index in [9.17, 15) is 9.59 Å². The molecule has 0 saturated carbocycles. The molecular weight excluding hydrogens is 318 g/mol. The monoisotopic (exact) mass is 339 g/mol. The van der Waals surface area contributed by atoms with Crippen molar-refractivity contribution < 1.29 is 14.3 Å². The minimum absolute atomic E-state index is 0.0355. The highest BCUT2D eigenvalue weighted by Gasteiger charge is 2.27. The minimum atomic E-state index is -0.431. The molecule has 6 heteroatoms. The quantitative estimate of drug-likeness (QED) is 0.928. The van der Waals surface area contributed by atoms with Gasteiger partial charge in [-0.15, -0.1) is 0 Å². The van der Waals surface area contributed by atoms with E-state index in [2.05, 4.69) is 5.32 Å². The van der Waals surface area contributed by atoms with Crippen LogP contribution in [0.25, 0.3) is 0 Å². The van der Waals surface area contributed by atoms with Gasteiger partial charge in [0, 0.05) is 7.05 Å². The molecule has 1 aliphatic rings. The van der Waals surface area contributed by atoms with Gasteiger partial charge in [-0.1, -0.05) is 36.4 Å². The van der Waals surface area contributed by atoms with Crippen LogP contribution in [0.15, 0.2) is 48.5 Å². The Kier molecular flexibility index (Phi) is 4.72. The molecule has 0 saturated heterocycles. The van der Waals surface area contributed by atoms with Crippen LogP contribution in [0.3, 0.4) is 0 Å². The zero-order valence-electron chi connectivity index (χ0n) is 14.5. The molecule has 0 radical (unpaired) electrons. The maximum absolute atomic E-state index is 12.9. The SMILES string of the molecule is CN1C(=O)COc2c(NC(=O)C(c3ccccc3)N(C)C)cccc21. The van der Waals surface area contributed by atoms with Crippen molar-refractivity contribution in [2.45, 2.75) is 6.04 Å². The number of ether oxygens (including phenoxy) is 1. The lowest BCUT2D eigenvalue weighted by molar-refractivity contribution is -0.121. The molecule has 0 spiro atoms. The summed E-state index contributed by atoms with van der Waals surface area (Å²) in [7, 11) is 5.42. The summed E-state index contributed by atoms with van der Waals surface area (Å²) < 4.78 is 5.56. The molecule has 2 aromatic rings. The van der Waals surface area contributed by atoms with Crippen molar-refractivity contribution in [3.8, 4) is 5.75 Å². The Hall–Kier alpha value is -2.86. The molecule has 0 aromatic heterocycles. The van der Waals surface area contributed by atoms with Crippen LogP contribution in [0.2, 0.25) is 0 Å². The van der Waals surface area contributed by atoms with Crippen molar-refractivity contribution in [1.29, 1.82) is 0 Å². The van der Waals surface area contributed by atoms with Crippen molar-refractivity contribution in [3.05, 3.63) is 54.1 Å². The third kappa shape index (κ3) is 3.34. The topological polar surface area (TPSA) is 61.9 Å². The van der Waals surface area contributed by atoms with Crippen molar-refractivity contribution in [1.82, 2.24) is 4.90 Å². The number of fused-ring (bicyclic) bond motifs is 1. The summed E-state index contributed by atoms with van der Waals surface area (Å²) in [5, 5.41) is 2.94. The number of rotatable bonds is 4. The van der Waals surface area contributed by atoms with Gasteiger partial charge in [-0.3, -0.25) is 14.5 Å². The van der Waals surface area contributed by atoms with E-state index in [1.165, 1.54) is 4.90 Å². The number of likely N-dealkylation sites (N-methyl/N-ethyl adjacent to an activating group) is 2. The fourth-order valence-corrected chi connectivity index (χ4v) is 2.92. The first-order valence-electron chi connectivity index (χ1n) is 8.03. The molecule has 0 aliphatic carbocycles. The smallest absolute Gasteiger partial charge is 0.264 e. The second kappa shape index (κ2) is 6.94. The van der Waals surface area contributed by atoms with Crippen molar-refractivity contribution in [2.24, 2.45) is 0 Å². The zero-order valence-corrected chi connectivity index (χ0v) is 14.5. The van der Waals surface area contributed by atoms with E-state index >= 15 is 0 Å². The Morgan fingerprint density at radius 1 is 1.16 bits per heavy atom. The molecule has 0 fully saturated rings. The fourth-order valence-electron chi connectivity index (χ4n) is 2.92. The summed E-state index contributed by atoms with van der Waals surface area (Å²) in [5.74, 6) is 0.239. The first-order valence-corrected chi connectivity index (χ1v) is 8.03. The molecule has 2 amide bonds. The van der Waals surface area contributed by atoms with Gasteiger partial charge >= 0.3 is 0 Å². The Bertz CT molecular complexity index is 790. The van der Waals surface area contributed by atoms with Gasteiger partial charge in [0.25, 0.3) is 5.91 Å². The number of benzene rings is 2. The summed E-state index contributed by atoms with van der Waals surface area (Å²) in [6.07, 6.45) is 0. The molecule has 1 aliphatic heterocycles. The number of nitrogens with one attached hydrogen (secondary N) is 1. The minimum Gasteiger partial charge on any atom is -0.479 e. The number of carbonyl (C=O) groups is 2. The van der Waals surface area contributed by atoms with Gasteiger partial charge < -0.3 is 15.0 Å². The van der Waals surface area contributed by atoms with Crippen LogP contribution in [0.4, 0.5) is 11.4 Å². The largest absolute Gasteiger partial charge is 0.479 e. The number of hydrogen-bond acceptors (Lipinski definition) is 4. The molecular formula is C19H21N3O3. The summed E-state index contributed by atoms with van der Waals surface area (Å²) in [4.78, 5) is 28.1. The highest BCUT2D eigenvalue weighted by Crippen LogP contribution is 2.38. The number of carbonyl (C=O) groups excluding carboxylic acids is 2. The molecule has 25 heavy (non-hydrogen) atoms. The first-order chi connectivity index (χ1) is 12.0. The molecule has 2 aromatic carbocycles. The lowest BCUT2D eigenvalue weighted by Gasteiger charge is -2.29. The van der Waals surface area contributed by atoms with Gasteiger partial charge in [0.2, 0.25) is 5.91 Å².